The minimum absolute atomic E-state index is 0.0896. The van der Waals surface area contributed by atoms with Gasteiger partial charge in [0.25, 0.3) is 0 Å². The highest BCUT2D eigenvalue weighted by Crippen LogP contribution is 2.20. The van der Waals surface area contributed by atoms with Crippen molar-refractivity contribution in [1.29, 1.82) is 0 Å². The van der Waals surface area contributed by atoms with E-state index in [4.69, 9.17) is 5.73 Å². The van der Waals surface area contributed by atoms with Crippen LogP contribution in [-0.4, -0.2) is 35.8 Å². The molecule has 23 heavy (non-hydrogen) atoms. The van der Waals surface area contributed by atoms with Gasteiger partial charge in [-0.1, -0.05) is 24.3 Å². The zero-order chi connectivity index (χ0) is 17.0. The number of carbonyl (C=O) groups is 2. The third-order valence-corrected chi connectivity index (χ3v) is 4.73. The second-order valence-electron chi connectivity index (χ2n) is 6.47. The summed E-state index contributed by atoms with van der Waals surface area (Å²) >= 11 is 0. The first-order valence-electron chi connectivity index (χ1n) is 8.29. The van der Waals surface area contributed by atoms with Gasteiger partial charge in [0, 0.05) is 25.0 Å². The molecule has 1 saturated heterocycles. The van der Waals surface area contributed by atoms with E-state index in [9.17, 15) is 9.59 Å². The Morgan fingerprint density at radius 2 is 1.83 bits per heavy atom. The van der Waals surface area contributed by atoms with Gasteiger partial charge >= 0.3 is 0 Å². The van der Waals surface area contributed by atoms with E-state index < -0.39 is 0 Å². The summed E-state index contributed by atoms with van der Waals surface area (Å²) < 4.78 is 0. The standard InChI is InChI=1S/C18H27N3O2/c1-12-6-4-5-7-16(12)13(2)20-14(3)18(23)21-10-8-15(9-11-21)17(19)22/h4-7,13-15,20H,8-11H2,1-3H3,(H2,19,22). The first-order valence-corrected chi connectivity index (χ1v) is 8.29. The third kappa shape index (κ3) is 4.32. The van der Waals surface area contributed by atoms with Gasteiger partial charge in [0.1, 0.15) is 0 Å². The van der Waals surface area contributed by atoms with E-state index >= 15 is 0 Å². The normalized spacial score (nSPS) is 18.5. The average Bonchev–Trinajstić information content (AvgIpc) is 2.54. The van der Waals surface area contributed by atoms with Crippen LogP contribution in [0.1, 0.15) is 43.9 Å². The minimum atomic E-state index is -0.255. The Morgan fingerprint density at radius 1 is 1.22 bits per heavy atom. The molecule has 5 nitrogen and oxygen atoms in total. The van der Waals surface area contributed by atoms with E-state index in [2.05, 4.69) is 31.3 Å². The van der Waals surface area contributed by atoms with Gasteiger partial charge in [0.15, 0.2) is 0 Å². The van der Waals surface area contributed by atoms with Crippen LogP contribution in [0.3, 0.4) is 0 Å². The maximum Gasteiger partial charge on any atom is 0.239 e. The van der Waals surface area contributed by atoms with Crippen LogP contribution in [0.25, 0.3) is 0 Å². The van der Waals surface area contributed by atoms with Gasteiger partial charge in [-0.25, -0.2) is 0 Å². The lowest BCUT2D eigenvalue weighted by molar-refractivity contribution is -0.136. The molecule has 2 amide bonds. The number of rotatable bonds is 5. The number of likely N-dealkylation sites (tertiary alicyclic amines) is 1. The molecule has 5 heteroatoms. The lowest BCUT2D eigenvalue weighted by Crippen LogP contribution is -2.49. The van der Waals surface area contributed by atoms with Gasteiger partial charge in [0.05, 0.1) is 6.04 Å². The lowest BCUT2D eigenvalue weighted by atomic mass is 9.96. The van der Waals surface area contributed by atoms with Crippen molar-refractivity contribution in [2.75, 3.05) is 13.1 Å². The number of benzene rings is 1. The number of hydrogen-bond acceptors (Lipinski definition) is 3. The van der Waals surface area contributed by atoms with Crippen LogP contribution in [0.2, 0.25) is 0 Å². The first kappa shape index (κ1) is 17.5. The highest BCUT2D eigenvalue weighted by molar-refractivity contribution is 5.82. The van der Waals surface area contributed by atoms with E-state index in [1.165, 1.54) is 11.1 Å². The Kier molecular flexibility index (Phi) is 5.77. The lowest BCUT2D eigenvalue weighted by Gasteiger charge is -2.33. The zero-order valence-electron chi connectivity index (χ0n) is 14.2. The number of primary amides is 1. The fraction of sp³-hybridized carbons (Fsp3) is 0.556. The molecule has 0 spiro atoms. The molecule has 0 bridgehead atoms. The van der Waals surface area contributed by atoms with Gasteiger partial charge in [-0.3, -0.25) is 14.9 Å². The molecular weight excluding hydrogens is 290 g/mol. The molecule has 1 aliphatic heterocycles. The van der Waals surface area contributed by atoms with Crippen LogP contribution in [-0.2, 0) is 9.59 Å². The van der Waals surface area contributed by atoms with E-state index in [1.807, 2.05) is 24.0 Å². The number of piperidine rings is 1. The molecule has 0 radical (unpaired) electrons. The molecule has 3 N–H and O–H groups in total. The van der Waals surface area contributed by atoms with Crippen molar-refractivity contribution < 1.29 is 9.59 Å². The van der Waals surface area contributed by atoms with E-state index in [0.29, 0.717) is 25.9 Å². The van der Waals surface area contributed by atoms with Crippen LogP contribution in [0.4, 0.5) is 0 Å². The largest absolute Gasteiger partial charge is 0.369 e. The van der Waals surface area contributed by atoms with Gasteiger partial charge in [-0.15, -0.1) is 0 Å². The van der Waals surface area contributed by atoms with E-state index in [-0.39, 0.29) is 29.8 Å². The average molecular weight is 317 g/mol. The molecule has 2 unspecified atom stereocenters. The number of aryl methyl sites for hydroxylation is 1. The number of nitrogens with one attached hydrogen (secondary N) is 1. The predicted molar refractivity (Wildman–Crippen MR) is 90.7 cm³/mol. The summed E-state index contributed by atoms with van der Waals surface area (Å²) in [5, 5.41) is 3.39. The van der Waals surface area contributed by atoms with Gasteiger partial charge in [-0.2, -0.15) is 0 Å². The van der Waals surface area contributed by atoms with Crippen LogP contribution in [0.5, 0.6) is 0 Å². The Hall–Kier alpha value is -1.88. The first-order chi connectivity index (χ1) is 10.9. The molecule has 1 heterocycles. The summed E-state index contributed by atoms with van der Waals surface area (Å²) in [4.78, 5) is 25.6. The van der Waals surface area contributed by atoms with Crippen molar-refractivity contribution in [3.63, 3.8) is 0 Å². The number of nitrogens with two attached hydrogens (primary N) is 1. The monoisotopic (exact) mass is 317 g/mol. The second kappa shape index (κ2) is 7.59. The quantitative estimate of drug-likeness (QED) is 0.869. The molecule has 2 atom stereocenters. The molecule has 2 rings (SSSR count). The van der Waals surface area contributed by atoms with E-state index in [0.717, 1.165) is 0 Å². The van der Waals surface area contributed by atoms with Gasteiger partial charge in [-0.05, 0) is 44.7 Å². The predicted octanol–water partition coefficient (Wildman–Crippen LogP) is 1.76. The van der Waals surface area contributed by atoms with Crippen molar-refractivity contribution in [2.24, 2.45) is 11.7 Å². The third-order valence-electron chi connectivity index (χ3n) is 4.73. The maximum atomic E-state index is 12.6. The van der Waals surface area contributed by atoms with Crippen molar-refractivity contribution >= 4 is 11.8 Å². The molecule has 126 valence electrons. The van der Waals surface area contributed by atoms with Crippen molar-refractivity contribution in [3.8, 4) is 0 Å². The SMILES string of the molecule is Cc1ccccc1C(C)NC(C)C(=O)N1CCC(C(N)=O)CC1. The highest BCUT2D eigenvalue weighted by Gasteiger charge is 2.28. The van der Waals surface area contributed by atoms with Crippen molar-refractivity contribution in [1.82, 2.24) is 10.2 Å². The summed E-state index contributed by atoms with van der Waals surface area (Å²) in [5.74, 6) is -0.252. The summed E-state index contributed by atoms with van der Waals surface area (Å²) in [5.41, 5.74) is 7.76. The number of nitrogens with zero attached hydrogens (tertiary/aromatic N) is 1. The zero-order valence-corrected chi connectivity index (χ0v) is 14.2. The van der Waals surface area contributed by atoms with Gasteiger partial charge < -0.3 is 10.6 Å². The van der Waals surface area contributed by atoms with Crippen LogP contribution >= 0.6 is 0 Å². The molecule has 0 saturated carbocycles. The number of amides is 2. The fourth-order valence-electron chi connectivity index (χ4n) is 3.27. The molecular formula is C18H27N3O2. The molecule has 1 aliphatic rings. The highest BCUT2D eigenvalue weighted by atomic mass is 16.2. The fourth-order valence-corrected chi connectivity index (χ4v) is 3.27. The summed E-state index contributed by atoms with van der Waals surface area (Å²) in [6.07, 6.45) is 1.34. The Morgan fingerprint density at radius 3 is 2.39 bits per heavy atom. The van der Waals surface area contributed by atoms with Crippen LogP contribution < -0.4 is 11.1 Å². The Bertz CT molecular complexity index is 565. The Balaban J connectivity index is 1.90. The summed E-state index contributed by atoms with van der Waals surface area (Å²) in [7, 11) is 0. The number of hydrogen-bond donors (Lipinski definition) is 2. The van der Waals surface area contributed by atoms with Crippen molar-refractivity contribution in [3.05, 3.63) is 35.4 Å². The van der Waals surface area contributed by atoms with Crippen molar-refractivity contribution in [2.45, 2.75) is 45.7 Å². The summed E-state index contributed by atoms with van der Waals surface area (Å²) in [6.45, 7) is 7.27. The topological polar surface area (TPSA) is 75.4 Å². The van der Waals surface area contributed by atoms with E-state index in [1.54, 1.807) is 0 Å². The van der Waals surface area contributed by atoms with Crippen LogP contribution in [0, 0.1) is 12.8 Å². The minimum Gasteiger partial charge on any atom is -0.369 e. The molecule has 0 aliphatic carbocycles. The van der Waals surface area contributed by atoms with Crippen LogP contribution in [0.15, 0.2) is 24.3 Å². The molecule has 1 aromatic carbocycles. The summed E-state index contributed by atoms with van der Waals surface area (Å²) in [6, 6.07) is 8.05. The molecule has 1 fully saturated rings. The maximum absolute atomic E-state index is 12.6. The smallest absolute Gasteiger partial charge is 0.239 e. The van der Waals surface area contributed by atoms with Gasteiger partial charge in [0.2, 0.25) is 11.8 Å². The molecule has 0 aromatic heterocycles. The Labute approximate surface area is 138 Å². The second-order valence-corrected chi connectivity index (χ2v) is 6.47. The molecule has 1 aromatic rings. The number of carbonyl (C=O) groups excluding carboxylic acids is 2.